The molecule has 0 saturated carbocycles. The number of aliphatic hydroxyl groups is 1. The van der Waals surface area contributed by atoms with Gasteiger partial charge in [0.1, 0.15) is 18.1 Å². The van der Waals surface area contributed by atoms with Gasteiger partial charge < -0.3 is 15.4 Å². The third kappa shape index (κ3) is 4.78. The van der Waals surface area contributed by atoms with E-state index in [1.807, 2.05) is 5.01 Å². The van der Waals surface area contributed by atoms with Crippen LogP contribution in [0.3, 0.4) is 0 Å². The Morgan fingerprint density at radius 2 is 1.97 bits per heavy atom. The van der Waals surface area contributed by atoms with Gasteiger partial charge in [-0.2, -0.15) is 5.01 Å². The average molecular weight is 430 g/mol. The summed E-state index contributed by atoms with van der Waals surface area (Å²) in [4.78, 5) is 8.84. The van der Waals surface area contributed by atoms with Crippen molar-refractivity contribution >= 4 is 12.0 Å². The number of aliphatic imine (C=N–C) groups is 1. The van der Waals surface area contributed by atoms with E-state index in [9.17, 15) is 9.50 Å². The summed E-state index contributed by atoms with van der Waals surface area (Å²) >= 11 is 0. The van der Waals surface area contributed by atoms with Gasteiger partial charge in [0.05, 0.1) is 12.9 Å². The van der Waals surface area contributed by atoms with Gasteiger partial charge in [-0.3, -0.25) is 9.89 Å². The number of nitrogens with one attached hydrogen (secondary N) is 1. The zero-order valence-electron chi connectivity index (χ0n) is 18.9. The predicted octanol–water partition coefficient (Wildman–Crippen LogP) is 3.10. The molecule has 3 aliphatic rings. The summed E-state index contributed by atoms with van der Waals surface area (Å²) in [6.07, 6.45) is 5.73. The van der Waals surface area contributed by atoms with Gasteiger partial charge in [0.2, 0.25) is 0 Å². The molecule has 31 heavy (non-hydrogen) atoms. The van der Waals surface area contributed by atoms with Gasteiger partial charge in [0, 0.05) is 43.5 Å². The Labute approximate surface area is 185 Å². The van der Waals surface area contributed by atoms with Crippen LogP contribution in [0.2, 0.25) is 0 Å². The molecule has 4 rings (SSSR count). The lowest BCUT2D eigenvalue weighted by Crippen LogP contribution is -2.57. The van der Waals surface area contributed by atoms with Crippen LogP contribution in [0.5, 0.6) is 0 Å². The molecule has 0 bridgehead atoms. The monoisotopic (exact) mass is 429 g/mol. The van der Waals surface area contributed by atoms with E-state index in [1.54, 1.807) is 18.5 Å². The SMILES string of the molecule is C=C1CCN(C(C)C(O)(CN2CN=CN2)c2ccc(F)cc2N2CCC(C)CC2)CC1. The van der Waals surface area contributed by atoms with Crippen LogP contribution in [-0.2, 0) is 5.60 Å². The standard InChI is InChI=1S/C24H36FN5O/c1-18-6-10-28(11-7-18)20(3)24(31,15-30-17-26-16-27-30)22-5-4-21(25)14-23(22)29-12-8-19(2)9-13-29/h4-5,14,16,19-20,31H,1,6-13,15,17H2,2-3H3,(H,26,27). The topological polar surface area (TPSA) is 54.3 Å². The molecule has 0 aromatic heterocycles. The van der Waals surface area contributed by atoms with Crippen molar-refractivity contribution in [2.24, 2.45) is 10.9 Å². The predicted molar refractivity (Wildman–Crippen MR) is 124 cm³/mol. The average Bonchev–Trinajstić information content (AvgIpc) is 3.27. The van der Waals surface area contributed by atoms with Crippen molar-refractivity contribution in [3.8, 4) is 0 Å². The van der Waals surface area contributed by atoms with Crippen LogP contribution in [-0.4, -0.2) is 66.8 Å². The maximum atomic E-state index is 14.4. The fourth-order valence-electron chi connectivity index (χ4n) is 5.04. The molecule has 6 nitrogen and oxygen atoms in total. The Morgan fingerprint density at radius 3 is 2.61 bits per heavy atom. The molecular formula is C24H36FN5O. The first kappa shape index (κ1) is 22.2. The molecule has 2 unspecified atom stereocenters. The number of anilines is 1. The van der Waals surface area contributed by atoms with E-state index in [0.717, 1.165) is 63.1 Å². The summed E-state index contributed by atoms with van der Waals surface area (Å²) in [6, 6.07) is 4.74. The summed E-state index contributed by atoms with van der Waals surface area (Å²) in [5.74, 6) is 0.419. The van der Waals surface area contributed by atoms with Crippen molar-refractivity contribution in [3.63, 3.8) is 0 Å². The maximum absolute atomic E-state index is 14.4. The van der Waals surface area contributed by atoms with Gasteiger partial charge in [0.15, 0.2) is 0 Å². The van der Waals surface area contributed by atoms with Crippen LogP contribution in [0.15, 0.2) is 35.3 Å². The molecule has 7 heteroatoms. The zero-order chi connectivity index (χ0) is 22.0. The normalized spacial score (nSPS) is 24.3. The third-order valence-electron chi connectivity index (χ3n) is 7.31. The number of hydrogen-bond donors (Lipinski definition) is 2. The minimum absolute atomic E-state index is 0.143. The Bertz CT molecular complexity index is 804. The number of hydrogen-bond acceptors (Lipinski definition) is 6. The van der Waals surface area contributed by atoms with Crippen LogP contribution in [0.4, 0.5) is 10.1 Å². The smallest absolute Gasteiger partial charge is 0.125 e. The number of halogens is 1. The molecule has 170 valence electrons. The van der Waals surface area contributed by atoms with Gasteiger partial charge in [-0.25, -0.2) is 4.39 Å². The molecular weight excluding hydrogens is 393 g/mol. The number of hydrazine groups is 1. The van der Waals surface area contributed by atoms with E-state index in [4.69, 9.17) is 0 Å². The van der Waals surface area contributed by atoms with Gasteiger partial charge in [-0.15, -0.1) is 0 Å². The number of rotatable bonds is 6. The quantitative estimate of drug-likeness (QED) is 0.681. The fourth-order valence-corrected chi connectivity index (χ4v) is 5.04. The molecule has 2 N–H and O–H groups in total. The van der Waals surface area contributed by atoms with E-state index in [2.05, 4.69) is 40.6 Å². The van der Waals surface area contributed by atoms with Crippen LogP contribution in [0.25, 0.3) is 0 Å². The number of nitrogens with zero attached hydrogens (tertiary/aromatic N) is 4. The van der Waals surface area contributed by atoms with Crippen LogP contribution in [0.1, 0.15) is 45.1 Å². The summed E-state index contributed by atoms with van der Waals surface area (Å²) in [5.41, 5.74) is 4.83. The van der Waals surface area contributed by atoms with Gasteiger partial charge in [-0.1, -0.05) is 25.1 Å². The highest BCUT2D eigenvalue weighted by Gasteiger charge is 2.43. The van der Waals surface area contributed by atoms with Crippen molar-refractivity contribution in [3.05, 3.63) is 41.7 Å². The Kier molecular flexibility index (Phi) is 6.65. The molecule has 2 atom stereocenters. The molecule has 0 amide bonds. The lowest BCUT2D eigenvalue weighted by atomic mass is 9.83. The van der Waals surface area contributed by atoms with E-state index in [1.165, 1.54) is 11.6 Å². The summed E-state index contributed by atoms with van der Waals surface area (Å²) < 4.78 is 14.4. The Morgan fingerprint density at radius 1 is 1.26 bits per heavy atom. The second-order valence-corrected chi connectivity index (χ2v) is 9.50. The molecule has 0 spiro atoms. The van der Waals surface area contributed by atoms with Crippen molar-refractivity contribution in [1.29, 1.82) is 0 Å². The van der Waals surface area contributed by atoms with Gasteiger partial charge in [0.25, 0.3) is 0 Å². The van der Waals surface area contributed by atoms with Crippen LogP contribution in [0, 0.1) is 11.7 Å². The first-order chi connectivity index (χ1) is 14.9. The van der Waals surface area contributed by atoms with Crippen molar-refractivity contribution in [1.82, 2.24) is 15.3 Å². The molecule has 3 heterocycles. The van der Waals surface area contributed by atoms with Gasteiger partial charge >= 0.3 is 0 Å². The highest BCUT2D eigenvalue weighted by atomic mass is 19.1. The van der Waals surface area contributed by atoms with Crippen molar-refractivity contribution in [2.45, 2.75) is 51.2 Å². The number of piperidine rings is 2. The molecule has 1 aromatic carbocycles. The van der Waals surface area contributed by atoms with Crippen LogP contribution >= 0.6 is 0 Å². The van der Waals surface area contributed by atoms with E-state index in [-0.39, 0.29) is 11.9 Å². The number of benzene rings is 1. The van der Waals surface area contributed by atoms with Crippen molar-refractivity contribution in [2.75, 3.05) is 44.3 Å². The maximum Gasteiger partial charge on any atom is 0.125 e. The number of likely N-dealkylation sites (tertiary alicyclic amines) is 1. The molecule has 0 radical (unpaired) electrons. The highest BCUT2D eigenvalue weighted by Crippen LogP contribution is 2.39. The lowest BCUT2D eigenvalue weighted by molar-refractivity contribution is -0.0724. The van der Waals surface area contributed by atoms with E-state index < -0.39 is 5.60 Å². The zero-order valence-corrected chi connectivity index (χ0v) is 18.9. The van der Waals surface area contributed by atoms with Gasteiger partial charge in [-0.05, 0) is 50.7 Å². The molecule has 2 saturated heterocycles. The van der Waals surface area contributed by atoms with Crippen LogP contribution < -0.4 is 10.3 Å². The number of β-amino-alcohol motifs (C(OH)–C–C–N with tert-alkyl or cyclic N) is 1. The Balaban J connectivity index is 1.70. The van der Waals surface area contributed by atoms with Crippen molar-refractivity contribution < 1.29 is 9.50 Å². The fraction of sp³-hybridized carbons (Fsp3) is 0.625. The largest absolute Gasteiger partial charge is 0.382 e. The summed E-state index contributed by atoms with van der Waals surface area (Å²) in [6.45, 7) is 12.9. The summed E-state index contributed by atoms with van der Waals surface area (Å²) in [5, 5.41) is 14.3. The second-order valence-electron chi connectivity index (χ2n) is 9.50. The first-order valence-electron chi connectivity index (χ1n) is 11.5. The third-order valence-corrected chi connectivity index (χ3v) is 7.31. The Hall–Kier alpha value is -1.96. The van der Waals surface area contributed by atoms with E-state index >= 15 is 0 Å². The minimum atomic E-state index is -1.19. The molecule has 1 aromatic rings. The molecule has 3 aliphatic heterocycles. The highest BCUT2D eigenvalue weighted by molar-refractivity contribution is 5.58. The lowest BCUT2D eigenvalue weighted by Gasteiger charge is -2.46. The second kappa shape index (κ2) is 9.27. The minimum Gasteiger partial charge on any atom is -0.382 e. The van der Waals surface area contributed by atoms with E-state index in [0.29, 0.717) is 19.1 Å². The first-order valence-corrected chi connectivity index (χ1v) is 11.5. The molecule has 2 fully saturated rings. The summed E-state index contributed by atoms with van der Waals surface area (Å²) in [7, 11) is 0. The molecule has 0 aliphatic carbocycles.